The smallest absolute Gasteiger partial charge is 0.188 e. The van der Waals surface area contributed by atoms with Gasteiger partial charge >= 0.3 is 0 Å². The molecule has 0 bridgehead atoms. The van der Waals surface area contributed by atoms with Crippen molar-refractivity contribution in [2.75, 3.05) is 18.0 Å². The average Bonchev–Trinajstić information content (AvgIpc) is 2.95. The van der Waals surface area contributed by atoms with Gasteiger partial charge in [0.15, 0.2) is 11.6 Å². The van der Waals surface area contributed by atoms with Crippen molar-refractivity contribution in [3.05, 3.63) is 90.2 Å². The highest BCUT2D eigenvalue weighted by Crippen LogP contribution is 2.51. The Kier molecular flexibility index (Phi) is 7.10. The highest BCUT2D eigenvalue weighted by Gasteiger charge is 2.53. The molecule has 41 heavy (non-hydrogen) atoms. The summed E-state index contributed by atoms with van der Waals surface area (Å²) in [4.78, 5) is 19.6. The molecule has 1 unspecified atom stereocenters. The van der Waals surface area contributed by atoms with Gasteiger partial charge in [-0.2, -0.15) is 5.26 Å². The van der Waals surface area contributed by atoms with E-state index >= 15 is 0 Å². The maximum Gasteiger partial charge on any atom is 0.188 e. The second-order valence-electron chi connectivity index (χ2n) is 11.5. The fourth-order valence-corrected chi connectivity index (χ4v) is 6.12. The molecule has 2 fully saturated rings. The molecule has 1 saturated heterocycles. The van der Waals surface area contributed by atoms with Crippen LogP contribution in [0.3, 0.4) is 0 Å². The maximum absolute atomic E-state index is 14.4. The van der Waals surface area contributed by atoms with Crippen molar-refractivity contribution in [1.29, 1.82) is 5.26 Å². The van der Waals surface area contributed by atoms with Crippen LogP contribution >= 0.6 is 0 Å². The monoisotopic (exact) mass is 549 g/mol. The fourth-order valence-electron chi connectivity index (χ4n) is 6.12. The lowest BCUT2D eigenvalue weighted by Crippen LogP contribution is -2.66. The van der Waals surface area contributed by atoms with Crippen LogP contribution in [0.15, 0.2) is 67.5 Å². The van der Waals surface area contributed by atoms with Gasteiger partial charge in [0, 0.05) is 47.9 Å². The van der Waals surface area contributed by atoms with Gasteiger partial charge in [-0.05, 0) is 61.6 Å². The minimum absolute atomic E-state index is 0.130. The highest BCUT2D eigenvalue weighted by molar-refractivity contribution is 5.73. The number of hydrogen-bond donors (Lipinski definition) is 1. The summed E-state index contributed by atoms with van der Waals surface area (Å²) in [5.74, 6) is 1.53. The third-order valence-electron chi connectivity index (χ3n) is 8.14. The van der Waals surface area contributed by atoms with E-state index in [-0.39, 0.29) is 23.2 Å². The molecule has 1 atom stereocenters. The first-order chi connectivity index (χ1) is 19.8. The summed E-state index contributed by atoms with van der Waals surface area (Å²) < 4.78 is 20.8. The molecule has 3 heterocycles. The summed E-state index contributed by atoms with van der Waals surface area (Å²) in [6.07, 6.45) is 8.60. The van der Waals surface area contributed by atoms with Crippen LogP contribution in [-0.2, 0) is 0 Å². The molecular formula is C32H32FN7O. The Labute approximate surface area is 239 Å². The first-order valence-electron chi connectivity index (χ1n) is 13.9. The standard InChI is InChI=1S/C32H32FN7O/c1-20(2)30-27(14-35-18-37-30)26-10-24(33)8-9-28(26)41-29-15-36-19-38-31(29)40-16-32(17-40)11-25(12-32)39-21(3)23-6-4-22(13-34)5-7-23/h4-10,14-15,18-21,25,39H,11-12,16-17H2,1-3H3. The Morgan fingerprint density at radius 2 is 1.71 bits per heavy atom. The van der Waals surface area contributed by atoms with E-state index in [2.05, 4.69) is 43.1 Å². The minimum atomic E-state index is -0.359. The normalized spacial score (nSPS) is 16.6. The molecule has 9 heteroatoms. The minimum Gasteiger partial charge on any atom is -0.451 e. The van der Waals surface area contributed by atoms with Crippen LogP contribution in [-0.4, -0.2) is 39.1 Å². The number of halogens is 1. The second-order valence-corrected chi connectivity index (χ2v) is 11.5. The molecule has 208 valence electrons. The van der Waals surface area contributed by atoms with Crippen LogP contribution in [0.4, 0.5) is 10.2 Å². The van der Waals surface area contributed by atoms with Crippen molar-refractivity contribution in [2.45, 2.75) is 51.6 Å². The van der Waals surface area contributed by atoms with Gasteiger partial charge in [-0.3, -0.25) is 0 Å². The van der Waals surface area contributed by atoms with Crippen LogP contribution in [0, 0.1) is 22.6 Å². The van der Waals surface area contributed by atoms with Gasteiger partial charge in [0.05, 0.1) is 23.5 Å². The molecule has 1 spiro atoms. The van der Waals surface area contributed by atoms with Crippen LogP contribution in [0.25, 0.3) is 11.1 Å². The zero-order valence-corrected chi connectivity index (χ0v) is 23.4. The van der Waals surface area contributed by atoms with Crippen LogP contribution < -0.4 is 15.0 Å². The summed E-state index contributed by atoms with van der Waals surface area (Å²) in [6.45, 7) is 8.04. The molecule has 2 aliphatic rings. The highest BCUT2D eigenvalue weighted by atomic mass is 19.1. The molecule has 8 nitrogen and oxygen atoms in total. The van der Waals surface area contributed by atoms with Gasteiger partial charge in [0.25, 0.3) is 0 Å². The molecule has 2 aromatic carbocycles. The third-order valence-corrected chi connectivity index (χ3v) is 8.14. The number of anilines is 1. The molecule has 1 saturated carbocycles. The number of hydrogen-bond acceptors (Lipinski definition) is 8. The van der Waals surface area contributed by atoms with Crippen LogP contribution in [0.2, 0.25) is 0 Å². The van der Waals surface area contributed by atoms with E-state index < -0.39 is 0 Å². The molecule has 1 N–H and O–H groups in total. The lowest BCUT2D eigenvalue weighted by molar-refractivity contribution is 0.0428. The molecule has 1 aliphatic carbocycles. The van der Waals surface area contributed by atoms with Gasteiger partial charge in [-0.1, -0.05) is 26.0 Å². The van der Waals surface area contributed by atoms with Gasteiger partial charge in [0.1, 0.15) is 24.2 Å². The molecule has 6 rings (SSSR count). The Hall–Kier alpha value is -4.42. The summed E-state index contributed by atoms with van der Waals surface area (Å²) in [7, 11) is 0. The Bertz CT molecular complexity index is 1590. The fraction of sp³-hybridized carbons (Fsp3) is 0.344. The number of rotatable bonds is 8. The lowest BCUT2D eigenvalue weighted by Gasteiger charge is -2.60. The number of benzene rings is 2. The molecule has 1 aliphatic heterocycles. The maximum atomic E-state index is 14.4. The zero-order valence-electron chi connectivity index (χ0n) is 23.4. The predicted octanol–water partition coefficient (Wildman–Crippen LogP) is 6.18. The molecular weight excluding hydrogens is 517 g/mol. The van der Waals surface area contributed by atoms with E-state index in [1.165, 1.54) is 30.4 Å². The molecule has 2 aromatic heterocycles. The SMILES string of the molecule is CC(C)c1ncncc1-c1cc(F)ccc1Oc1cncnc1N1CC2(CC(NC(C)c3ccc(C#N)cc3)C2)C1. The number of nitrogens with one attached hydrogen (secondary N) is 1. The van der Waals surface area contributed by atoms with Gasteiger partial charge in [0.2, 0.25) is 0 Å². The Balaban J connectivity index is 1.13. The largest absolute Gasteiger partial charge is 0.451 e. The van der Waals surface area contributed by atoms with E-state index in [9.17, 15) is 4.39 Å². The second kappa shape index (κ2) is 10.9. The summed E-state index contributed by atoms with van der Waals surface area (Å²) in [5, 5.41) is 12.8. The Morgan fingerprint density at radius 1 is 0.976 bits per heavy atom. The van der Waals surface area contributed by atoms with E-state index in [1.54, 1.807) is 18.5 Å². The summed E-state index contributed by atoms with van der Waals surface area (Å²) in [6, 6.07) is 15.1. The number of nitriles is 1. The predicted molar refractivity (Wildman–Crippen MR) is 154 cm³/mol. The van der Waals surface area contributed by atoms with Gasteiger partial charge in [-0.25, -0.2) is 24.3 Å². The first-order valence-corrected chi connectivity index (χ1v) is 13.9. The number of nitrogens with zero attached hydrogens (tertiary/aromatic N) is 6. The van der Waals surface area contributed by atoms with Crippen molar-refractivity contribution >= 4 is 5.82 Å². The molecule has 0 radical (unpaired) electrons. The van der Waals surface area contributed by atoms with Crippen molar-refractivity contribution in [3.63, 3.8) is 0 Å². The number of aromatic nitrogens is 4. The third kappa shape index (κ3) is 5.35. The van der Waals surface area contributed by atoms with E-state index in [0.29, 0.717) is 28.7 Å². The first kappa shape index (κ1) is 26.8. The summed E-state index contributed by atoms with van der Waals surface area (Å²) >= 11 is 0. The summed E-state index contributed by atoms with van der Waals surface area (Å²) in [5.41, 5.74) is 4.28. The van der Waals surface area contributed by atoms with Crippen molar-refractivity contribution < 1.29 is 9.13 Å². The Morgan fingerprint density at radius 3 is 2.44 bits per heavy atom. The van der Waals surface area contributed by atoms with Gasteiger partial charge < -0.3 is 15.0 Å². The van der Waals surface area contributed by atoms with E-state index in [1.807, 2.05) is 38.1 Å². The van der Waals surface area contributed by atoms with E-state index in [0.717, 1.165) is 43.0 Å². The lowest BCUT2D eigenvalue weighted by atomic mass is 9.60. The quantitative estimate of drug-likeness (QED) is 0.278. The van der Waals surface area contributed by atoms with Crippen molar-refractivity contribution in [2.24, 2.45) is 5.41 Å². The number of ether oxygens (including phenoxy) is 1. The van der Waals surface area contributed by atoms with Gasteiger partial charge in [-0.15, -0.1) is 0 Å². The van der Waals surface area contributed by atoms with Crippen LogP contribution in [0.1, 0.15) is 62.4 Å². The van der Waals surface area contributed by atoms with Crippen molar-refractivity contribution in [1.82, 2.24) is 25.3 Å². The average molecular weight is 550 g/mol. The van der Waals surface area contributed by atoms with Crippen LogP contribution in [0.5, 0.6) is 11.5 Å². The van der Waals surface area contributed by atoms with Crippen molar-refractivity contribution in [3.8, 4) is 28.7 Å². The zero-order chi connectivity index (χ0) is 28.6. The topological polar surface area (TPSA) is 99.8 Å². The van der Waals surface area contributed by atoms with E-state index in [4.69, 9.17) is 10.00 Å². The molecule has 4 aromatic rings. The molecule has 0 amide bonds.